The van der Waals surface area contributed by atoms with Gasteiger partial charge in [0.15, 0.2) is 0 Å². The molecule has 0 atom stereocenters. The molecule has 38 heavy (non-hydrogen) atoms. The third-order valence-corrected chi connectivity index (χ3v) is 6.03. The zero-order valence-electron chi connectivity index (χ0n) is 21.4. The van der Waals surface area contributed by atoms with E-state index in [1.54, 1.807) is 30.3 Å². The number of esters is 1. The lowest BCUT2D eigenvalue weighted by Gasteiger charge is -2.35. The molecule has 0 bridgehead atoms. The molecule has 2 aromatic carbocycles. The van der Waals surface area contributed by atoms with Crippen LogP contribution in [0.3, 0.4) is 0 Å². The molecule has 3 aromatic rings. The summed E-state index contributed by atoms with van der Waals surface area (Å²) in [6.45, 7) is 4.53. The Bertz CT molecular complexity index is 1310. The Labute approximate surface area is 221 Å². The van der Waals surface area contributed by atoms with Crippen molar-refractivity contribution in [1.29, 1.82) is 5.26 Å². The average Bonchev–Trinajstić information content (AvgIpc) is 2.97. The van der Waals surface area contributed by atoms with Crippen LogP contribution in [0.5, 0.6) is 17.4 Å². The SMILES string of the molecule is CO/C=C(/C(=O)OC)c1ccccc1Oc1cc(N2CCN(CCOc3ccccc3C#N)CC2)ncn1. The van der Waals surface area contributed by atoms with Gasteiger partial charge in [-0.25, -0.2) is 14.8 Å². The molecule has 1 aliphatic heterocycles. The highest BCUT2D eigenvalue weighted by molar-refractivity contribution is 6.17. The zero-order valence-corrected chi connectivity index (χ0v) is 21.4. The minimum absolute atomic E-state index is 0.232. The van der Waals surface area contributed by atoms with E-state index >= 15 is 0 Å². The number of carbonyl (C=O) groups is 1. The fourth-order valence-corrected chi connectivity index (χ4v) is 4.07. The molecule has 0 spiro atoms. The van der Waals surface area contributed by atoms with Gasteiger partial charge in [-0.3, -0.25) is 4.90 Å². The van der Waals surface area contributed by atoms with Crippen LogP contribution in [0.4, 0.5) is 5.82 Å². The topological polar surface area (TPSA) is 110 Å². The molecule has 0 radical (unpaired) electrons. The smallest absolute Gasteiger partial charge is 0.341 e. The van der Waals surface area contributed by atoms with Gasteiger partial charge in [-0.05, 0) is 18.2 Å². The van der Waals surface area contributed by atoms with Crippen molar-refractivity contribution in [3.63, 3.8) is 0 Å². The Morgan fingerprint density at radius 1 is 1.03 bits per heavy atom. The number of nitriles is 1. The number of methoxy groups -OCH3 is 2. The van der Waals surface area contributed by atoms with Crippen LogP contribution in [0.1, 0.15) is 11.1 Å². The lowest BCUT2D eigenvalue weighted by molar-refractivity contribution is -0.133. The summed E-state index contributed by atoms with van der Waals surface area (Å²) in [7, 11) is 2.77. The van der Waals surface area contributed by atoms with E-state index in [0.717, 1.165) is 38.5 Å². The molecule has 1 aromatic heterocycles. The summed E-state index contributed by atoms with van der Waals surface area (Å²) >= 11 is 0. The number of rotatable bonds is 10. The van der Waals surface area contributed by atoms with Crippen LogP contribution >= 0.6 is 0 Å². The molecule has 10 heteroatoms. The van der Waals surface area contributed by atoms with Gasteiger partial charge in [0, 0.05) is 44.4 Å². The Morgan fingerprint density at radius 2 is 1.76 bits per heavy atom. The van der Waals surface area contributed by atoms with Crippen molar-refractivity contribution in [2.75, 3.05) is 58.5 Å². The van der Waals surface area contributed by atoms with E-state index in [4.69, 9.17) is 18.9 Å². The standard InChI is InChI=1S/C28H29N5O5/c1-35-19-23(28(34)36-2)22-8-4-6-10-25(22)38-27-17-26(30-20-31-27)33-13-11-32(12-14-33)15-16-37-24-9-5-3-7-21(24)18-29/h3-10,17,19-20H,11-16H2,1-2H3/b23-19+. The molecule has 0 N–H and O–H groups in total. The normalized spacial score (nSPS) is 13.9. The Hall–Kier alpha value is -4.62. The predicted molar refractivity (Wildman–Crippen MR) is 141 cm³/mol. The molecular formula is C28H29N5O5. The number of para-hydroxylation sites is 2. The second kappa shape index (κ2) is 13.1. The largest absolute Gasteiger partial charge is 0.503 e. The summed E-state index contributed by atoms with van der Waals surface area (Å²) in [4.78, 5) is 25.5. The fourth-order valence-electron chi connectivity index (χ4n) is 4.07. The van der Waals surface area contributed by atoms with Crippen molar-refractivity contribution in [2.24, 2.45) is 0 Å². The number of benzene rings is 2. The first-order valence-electron chi connectivity index (χ1n) is 12.1. The maximum Gasteiger partial charge on any atom is 0.341 e. The molecule has 1 fully saturated rings. The van der Waals surface area contributed by atoms with Gasteiger partial charge >= 0.3 is 5.97 Å². The van der Waals surface area contributed by atoms with Gasteiger partial charge in [-0.15, -0.1) is 0 Å². The van der Waals surface area contributed by atoms with E-state index in [9.17, 15) is 10.1 Å². The quantitative estimate of drug-likeness (QED) is 0.226. The molecular weight excluding hydrogens is 486 g/mol. The summed E-state index contributed by atoms with van der Waals surface area (Å²) < 4.78 is 21.9. The summed E-state index contributed by atoms with van der Waals surface area (Å²) in [5.41, 5.74) is 1.30. The molecule has 4 rings (SSSR count). The molecule has 1 saturated heterocycles. The highest BCUT2D eigenvalue weighted by Gasteiger charge is 2.21. The average molecular weight is 516 g/mol. The van der Waals surface area contributed by atoms with Gasteiger partial charge in [0.05, 0.1) is 26.0 Å². The van der Waals surface area contributed by atoms with Crippen LogP contribution in [-0.4, -0.2) is 74.4 Å². The van der Waals surface area contributed by atoms with Gasteiger partial charge in [-0.1, -0.05) is 30.3 Å². The predicted octanol–water partition coefficient (Wildman–Crippen LogP) is 3.50. The van der Waals surface area contributed by atoms with Gasteiger partial charge in [0.1, 0.15) is 41.9 Å². The Balaban J connectivity index is 1.36. The molecule has 1 aliphatic rings. The summed E-state index contributed by atoms with van der Waals surface area (Å²) in [6.07, 6.45) is 2.79. The van der Waals surface area contributed by atoms with E-state index in [-0.39, 0.29) is 5.57 Å². The number of piperazine rings is 1. The molecule has 10 nitrogen and oxygen atoms in total. The van der Waals surface area contributed by atoms with Crippen LogP contribution in [0.15, 0.2) is 67.2 Å². The maximum atomic E-state index is 12.3. The highest BCUT2D eigenvalue weighted by Crippen LogP contribution is 2.31. The van der Waals surface area contributed by atoms with Gasteiger partial charge in [0.25, 0.3) is 0 Å². The molecule has 0 amide bonds. The third-order valence-electron chi connectivity index (χ3n) is 6.03. The first-order chi connectivity index (χ1) is 18.6. The molecule has 2 heterocycles. The minimum Gasteiger partial charge on any atom is -0.503 e. The molecule has 0 saturated carbocycles. The number of hydrogen-bond acceptors (Lipinski definition) is 10. The lowest BCUT2D eigenvalue weighted by Crippen LogP contribution is -2.47. The zero-order chi connectivity index (χ0) is 26.7. The van der Waals surface area contributed by atoms with Gasteiger partial charge < -0.3 is 23.8 Å². The maximum absolute atomic E-state index is 12.3. The summed E-state index contributed by atoms with van der Waals surface area (Å²) in [5.74, 6) is 1.63. The van der Waals surface area contributed by atoms with Crippen molar-refractivity contribution < 1.29 is 23.7 Å². The Morgan fingerprint density at radius 3 is 2.50 bits per heavy atom. The van der Waals surface area contributed by atoms with Crippen LogP contribution in [0.2, 0.25) is 0 Å². The third kappa shape index (κ3) is 6.57. The van der Waals surface area contributed by atoms with E-state index in [2.05, 4.69) is 25.8 Å². The highest BCUT2D eigenvalue weighted by atomic mass is 16.5. The molecule has 196 valence electrons. The molecule has 0 aliphatic carbocycles. The van der Waals surface area contributed by atoms with Crippen molar-refractivity contribution in [3.05, 3.63) is 78.3 Å². The van der Waals surface area contributed by atoms with Crippen LogP contribution in [-0.2, 0) is 14.3 Å². The van der Waals surface area contributed by atoms with Crippen molar-refractivity contribution in [1.82, 2.24) is 14.9 Å². The minimum atomic E-state index is -0.538. The Kier molecular flexibility index (Phi) is 9.10. The monoisotopic (exact) mass is 515 g/mol. The second-order valence-electron chi connectivity index (χ2n) is 8.36. The van der Waals surface area contributed by atoms with E-state index < -0.39 is 5.97 Å². The molecule has 0 unspecified atom stereocenters. The van der Waals surface area contributed by atoms with Crippen LogP contribution in [0.25, 0.3) is 5.57 Å². The van der Waals surface area contributed by atoms with Crippen molar-refractivity contribution in [2.45, 2.75) is 0 Å². The van der Waals surface area contributed by atoms with E-state index in [0.29, 0.717) is 35.1 Å². The van der Waals surface area contributed by atoms with Crippen LogP contribution < -0.4 is 14.4 Å². The van der Waals surface area contributed by atoms with Crippen molar-refractivity contribution >= 4 is 17.4 Å². The van der Waals surface area contributed by atoms with E-state index in [1.807, 2.05) is 24.3 Å². The first kappa shape index (κ1) is 26.4. The van der Waals surface area contributed by atoms with E-state index in [1.165, 1.54) is 26.8 Å². The number of nitrogens with zero attached hydrogens (tertiary/aromatic N) is 5. The van der Waals surface area contributed by atoms with Crippen LogP contribution in [0, 0.1) is 11.3 Å². The second-order valence-corrected chi connectivity index (χ2v) is 8.36. The lowest BCUT2D eigenvalue weighted by atomic mass is 10.1. The van der Waals surface area contributed by atoms with Crippen molar-refractivity contribution in [3.8, 4) is 23.4 Å². The summed E-state index contributed by atoms with van der Waals surface area (Å²) in [5, 5.41) is 9.21. The number of hydrogen-bond donors (Lipinski definition) is 0. The number of aromatic nitrogens is 2. The first-order valence-corrected chi connectivity index (χ1v) is 12.1. The summed E-state index contributed by atoms with van der Waals surface area (Å²) in [6, 6.07) is 18.3. The fraction of sp³-hybridized carbons (Fsp3) is 0.286. The number of anilines is 1. The number of carbonyl (C=O) groups excluding carboxylic acids is 1. The van der Waals surface area contributed by atoms with Gasteiger partial charge in [-0.2, -0.15) is 5.26 Å². The van der Waals surface area contributed by atoms with Gasteiger partial charge in [0.2, 0.25) is 5.88 Å². The number of ether oxygens (including phenoxy) is 4.